The topological polar surface area (TPSA) is 86.7 Å². The van der Waals surface area contributed by atoms with Crippen LogP contribution in [0.3, 0.4) is 0 Å². The van der Waals surface area contributed by atoms with E-state index in [1.807, 2.05) is 18.2 Å². The maximum atomic E-state index is 11.7. The van der Waals surface area contributed by atoms with Gasteiger partial charge >= 0.3 is 51.4 Å². The minimum absolute atomic E-state index is 0. The van der Waals surface area contributed by atoms with Crippen molar-refractivity contribution in [3.8, 4) is 17.2 Å². The van der Waals surface area contributed by atoms with Crippen molar-refractivity contribution in [3.05, 3.63) is 48.0 Å². The Morgan fingerprint density at radius 1 is 0.839 bits per heavy atom. The monoisotopic (exact) mass is 472 g/mol. The molecule has 0 aromatic heterocycles. The molecule has 0 unspecified atom stereocenters. The van der Waals surface area contributed by atoms with Crippen LogP contribution in [0.4, 0.5) is 0 Å². The number of aryl methyl sites for hydroxylation is 1. The van der Waals surface area contributed by atoms with Crippen LogP contribution in [-0.2, 0) is 16.5 Å². The normalized spacial score (nSPS) is 11.2. The average Bonchev–Trinajstić information content (AvgIpc) is 2.68. The zero-order chi connectivity index (χ0) is 21.8. The largest absolute Gasteiger partial charge is 1.00 e. The summed E-state index contributed by atoms with van der Waals surface area (Å²) in [5.41, 5.74) is 1.14. The van der Waals surface area contributed by atoms with Crippen LogP contribution in [-0.4, -0.2) is 13.0 Å². The molecule has 31 heavy (non-hydrogen) atoms. The molecule has 0 aliphatic heterocycles. The van der Waals surface area contributed by atoms with E-state index in [-0.39, 0.29) is 57.1 Å². The van der Waals surface area contributed by atoms with Crippen molar-refractivity contribution in [1.82, 2.24) is 0 Å². The number of benzene rings is 2. The van der Waals surface area contributed by atoms with Gasteiger partial charge in [0.05, 0.1) is 4.90 Å². The third-order valence-corrected chi connectivity index (χ3v) is 5.94. The van der Waals surface area contributed by atoms with Gasteiger partial charge in [0, 0.05) is 6.07 Å². The van der Waals surface area contributed by atoms with Gasteiger partial charge in [-0.15, -0.1) is 5.75 Å². The second-order valence-corrected chi connectivity index (χ2v) is 9.22. The van der Waals surface area contributed by atoms with Crippen molar-refractivity contribution in [2.24, 2.45) is 0 Å². The van der Waals surface area contributed by atoms with Gasteiger partial charge in [0.25, 0.3) is 10.1 Å². The number of hydrogen-bond donors (Lipinski definition) is 1. The Morgan fingerprint density at radius 2 is 1.45 bits per heavy atom. The second-order valence-electron chi connectivity index (χ2n) is 7.80. The van der Waals surface area contributed by atoms with Crippen molar-refractivity contribution in [2.75, 3.05) is 0 Å². The van der Waals surface area contributed by atoms with E-state index in [0.717, 1.165) is 30.5 Å². The predicted molar refractivity (Wildman–Crippen MR) is 118 cm³/mol. The molecular weight excluding hydrogens is 439 g/mol. The number of unbranched alkanes of at least 4 members (excludes halogenated alkanes) is 9. The fourth-order valence-electron chi connectivity index (χ4n) is 3.47. The van der Waals surface area contributed by atoms with Crippen LogP contribution in [0.2, 0.25) is 0 Å². The van der Waals surface area contributed by atoms with Crippen LogP contribution < -0.4 is 61.2 Å². The van der Waals surface area contributed by atoms with E-state index in [2.05, 4.69) is 6.92 Å². The molecule has 0 fully saturated rings. The third-order valence-electron chi connectivity index (χ3n) is 5.10. The first-order valence-corrected chi connectivity index (χ1v) is 12.4. The van der Waals surface area contributed by atoms with Gasteiger partial charge in [0.15, 0.2) is 0 Å². The van der Waals surface area contributed by atoms with Gasteiger partial charge in [-0.05, 0) is 42.7 Å². The second kappa shape index (κ2) is 15.4. The molecule has 0 bridgehead atoms. The van der Waals surface area contributed by atoms with Gasteiger partial charge in [-0.1, -0.05) is 76.8 Å². The van der Waals surface area contributed by atoms with Gasteiger partial charge in [-0.3, -0.25) is 4.55 Å². The predicted octanol–water partition coefficient (Wildman–Crippen LogP) is 3.27. The molecule has 1 N–H and O–H groups in total. The Labute approximate surface area is 229 Å². The molecule has 0 spiro atoms. The quantitative estimate of drug-likeness (QED) is 0.259. The summed E-state index contributed by atoms with van der Waals surface area (Å²) < 4.78 is 37.4. The molecule has 166 valence electrons. The Balaban J connectivity index is 0.00000480. The van der Waals surface area contributed by atoms with E-state index in [0.29, 0.717) is 5.75 Å². The van der Waals surface area contributed by atoms with E-state index in [9.17, 15) is 13.5 Å². The van der Waals surface area contributed by atoms with Gasteiger partial charge < -0.3 is 9.84 Å². The summed E-state index contributed by atoms with van der Waals surface area (Å²) in [6, 6.07) is 10.8. The standard InChI is InChI=1S/C24H34O5S.K/c1-2-3-4-5-6-7-8-9-10-11-13-20-14-12-15-22(16-20)29-23-17-21(25)18-24(19-23)30(26,27)28;/h12,14-19,25H,2-11,13H2,1H3,(H,26,27,28);/q;+1/p-1. The SMILES string of the molecule is CCCCCCCCCCCCc1cccc(Oc2cc([O-])cc(S(=O)(=O)O)c2)c1.[K+]. The molecule has 0 aliphatic carbocycles. The molecule has 2 aromatic rings. The van der Waals surface area contributed by atoms with Crippen molar-refractivity contribution in [2.45, 2.75) is 82.4 Å². The summed E-state index contributed by atoms with van der Waals surface area (Å²) in [5.74, 6) is 0.0827. The molecule has 0 heterocycles. The zero-order valence-corrected chi connectivity index (χ0v) is 22.7. The fourth-order valence-corrected chi connectivity index (χ4v) is 4.00. The zero-order valence-electron chi connectivity index (χ0n) is 18.8. The van der Waals surface area contributed by atoms with Gasteiger partial charge in [0.1, 0.15) is 11.5 Å². The maximum absolute atomic E-state index is 11.7. The number of rotatable bonds is 14. The van der Waals surface area contributed by atoms with E-state index in [4.69, 9.17) is 9.29 Å². The molecule has 0 amide bonds. The van der Waals surface area contributed by atoms with Crippen LogP contribution in [0.1, 0.15) is 76.7 Å². The van der Waals surface area contributed by atoms with E-state index in [1.54, 1.807) is 6.07 Å². The summed E-state index contributed by atoms with van der Waals surface area (Å²) in [5, 5.41) is 11.7. The summed E-state index contributed by atoms with van der Waals surface area (Å²) in [6.07, 6.45) is 13.9. The summed E-state index contributed by atoms with van der Waals surface area (Å²) in [7, 11) is -4.46. The first kappa shape index (κ1) is 28.6. The number of hydrogen-bond acceptors (Lipinski definition) is 4. The Bertz CT molecular complexity index is 883. The molecule has 0 saturated carbocycles. The number of ether oxygens (including phenoxy) is 1. The third kappa shape index (κ3) is 11.9. The van der Waals surface area contributed by atoms with Crippen LogP contribution in [0, 0.1) is 0 Å². The molecule has 7 heteroatoms. The summed E-state index contributed by atoms with van der Waals surface area (Å²) in [4.78, 5) is -0.466. The molecule has 2 rings (SSSR count). The van der Waals surface area contributed by atoms with Crippen LogP contribution in [0.5, 0.6) is 17.2 Å². The molecule has 0 aliphatic rings. The van der Waals surface area contributed by atoms with Crippen molar-refractivity contribution in [1.29, 1.82) is 0 Å². The molecule has 2 aromatic carbocycles. The van der Waals surface area contributed by atoms with E-state index < -0.39 is 20.8 Å². The Hall–Kier alpha value is -0.414. The van der Waals surface area contributed by atoms with Crippen molar-refractivity contribution >= 4 is 10.1 Å². The summed E-state index contributed by atoms with van der Waals surface area (Å²) in [6.45, 7) is 2.24. The van der Waals surface area contributed by atoms with Gasteiger partial charge in [0.2, 0.25) is 0 Å². The van der Waals surface area contributed by atoms with Crippen LogP contribution in [0.15, 0.2) is 47.4 Å². The van der Waals surface area contributed by atoms with E-state index in [1.165, 1.54) is 63.9 Å². The summed E-state index contributed by atoms with van der Waals surface area (Å²) >= 11 is 0. The minimum Gasteiger partial charge on any atom is -0.872 e. The van der Waals surface area contributed by atoms with E-state index >= 15 is 0 Å². The van der Waals surface area contributed by atoms with Crippen LogP contribution in [0.25, 0.3) is 0 Å². The molecule has 0 radical (unpaired) electrons. The fraction of sp³-hybridized carbons (Fsp3) is 0.500. The van der Waals surface area contributed by atoms with Crippen molar-refractivity contribution < 1.29 is 74.2 Å². The van der Waals surface area contributed by atoms with Crippen LogP contribution >= 0.6 is 0 Å². The molecular formula is C24H33KO5S. The first-order chi connectivity index (χ1) is 14.4. The Morgan fingerprint density at radius 3 is 2.06 bits per heavy atom. The smallest absolute Gasteiger partial charge is 0.872 e. The van der Waals surface area contributed by atoms with Crippen molar-refractivity contribution in [3.63, 3.8) is 0 Å². The van der Waals surface area contributed by atoms with Gasteiger partial charge in [-0.2, -0.15) is 8.42 Å². The molecule has 0 atom stereocenters. The molecule has 5 nitrogen and oxygen atoms in total. The Kier molecular flexibility index (Phi) is 14.2. The first-order valence-electron chi connectivity index (χ1n) is 10.9. The van der Waals surface area contributed by atoms with Gasteiger partial charge in [-0.25, -0.2) is 0 Å². The maximum Gasteiger partial charge on any atom is 1.00 e. The average molecular weight is 473 g/mol. The minimum atomic E-state index is -4.46. The molecule has 0 saturated heterocycles.